The predicted octanol–water partition coefficient (Wildman–Crippen LogP) is -0.0777. The Kier molecular flexibility index (Phi) is 6.05. The molecular weight excluding hydrogens is 212 g/mol. The maximum Gasteiger partial charge on any atom is 0.240 e. The summed E-state index contributed by atoms with van der Waals surface area (Å²) in [4.78, 5) is 13.8. The van der Waals surface area contributed by atoms with Gasteiger partial charge in [0.25, 0.3) is 0 Å². The van der Waals surface area contributed by atoms with Gasteiger partial charge in [0.05, 0.1) is 12.6 Å². The second kappa shape index (κ2) is 7.09. The first-order valence-corrected chi connectivity index (χ1v) is 6.65. The molecule has 1 rings (SSSR count). The number of hydrogen-bond acceptors (Lipinski definition) is 4. The molecule has 1 aliphatic heterocycles. The second-order valence-electron chi connectivity index (χ2n) is 3.63. The van der Waals surface area contributed by atoms with Crippen molar-refractivity contribution in [2.45, 2.75) is 19.4 Å². The Balaban J connectivity index is 2.45. The maximum absolute atomic E-state index is 12.0. The molecule has 0 saturated carbocycles. The fourth-order valence-corrected chi connectivity index (χ4v) is 2.59. The standard InChI is InChI=1S/C10H20N2O2S/c1-2-4-12(5-6-13)10(14)9-8-15-7-3-11-9/h9,11,13H,2-8H2,1H3. The van der Waals surface area contributed by atoms with E-state index < -0.39 is 0 Å². The lowest BCUT2D eigenvalue weighted by Crippen LogP contribution is -2.51. The van der Waals surface area contributed by atoms with Gasteiger partial charge in [-0.05, 0) is 6.42 Å². The van der Waals surface area contributed by atoms with Crippen LogP contribution in [0, 0.1) is 0 Å². The number of hydrogen-bond donors (Lipinski definition) is 2. The van der Waals surface area contributed by atoms with E-state index in [1.165, 1.54) is 0 Å². The molecule has 2 N–H and O–H groups in total. The van der Waals surface area contributed by atoms with Crippen molar-refractivity contribution in [1.29, 1.82) is 0 Å². The summed E-state index contributed by atoms with van der Waals surface area (Å²) in [5.74, 6) is 2.07. The van der Waals surface area contributed by atoms with Gasteiger partial charge in [0.2, 0.25) is 5.91 Å². The summed E-state index contributed by atoms with van der Waals surface area (Å²) in [6.45, 7) is 4.18. The van der Waals surface area contributed by atoms with E-state index in [9.17, 15) is 4.79 Å². The van der Waals surface area contributed by atoms with Crippen molar-refractivity contribution in [2.24, 2.45) is 0 Å². The molecule has 1 aliphatic rings. The molecule has 0 aliphatic carbocycles. The first-order valence-electron chi connectivity index (χ1n) is 5.50. The van der Waals surface area contributed by atoms with Crippen molar-refractivity contribution in [3.8, 4) is 0 Å². The maximum atomic E-state index is 12.0. The minimum atomic E-state index is -0.0538. The molecule has 88 valence electrons. The summed E-state index contributed by atoms with van der Waals surface area (Å²) in [7, 11) is 0. The number of nitrogens with zero attached hydrogens (tertiary/aromatic N) is 1. The first-order chi connectivity index (χ1) is 7.29. The summed E-state index contributed by atoms with van der Waals surface area (Å²) in [6.07, 6.45) is 0.936. The molecule has 5 heteroatoms. The number of rotatable bonds is 5. The molecule has 0 radical (unpaired) electrons. The Hall–Kier alpha value is -0.260. The van der Waals surface area contributed by atoms with Crippen LogP contribution in [0.3, 0.4) is 0 Å². The highest BCUT2D eigenvalue weighted by atomic mass is 32.2. The molecule has 1 heterocycles. The Labute approximate surface area is 95.4 Å². The molecule has 1 amide bonds. The van der Waals surface area contributed by atoms with Crippen LogP contribution in [0.1, 0.15) is 13.3 Å². The quantitative estimate of drug-likeness (QED) is 0.696. The van der Waals surface area contributed by atoms with Gasteiger partial charge in [-0.25, -0.2) is 0 Å². The molecule has 0 aromatic rings. The van der Waals surface area contributed by atoms with Crippen LogP contribution in [0.5, 0.6) is 0 Å². The molecule has 1 fully saturated rings. The van der Waals surface area contributed by atoms with E-state index in [1.807, 2.05) is 18.7 Å². The molecule has 15 heavy (non-hydrogen) atoms. The van der Waals surface area contributed by atoms with Crippen molar-refractivity contribution < 1.29 is 9.90 Å². The van der Waals surface area contributed by atoms with Gasteiger partial charge in [0, 0.05) is 31.1 Å². The van der Waals surface area contributed by atoms with E-state index in [0.717, 1.165) is 31.0 Å². The van der Waals surface area contributed by atoms with E-state index in [4.69, 9.17) is 5.11 Å². The average Bonchev–Trinajstić information content (AvgIpc) is 2.29. The van der Waals surface area contributed by atoms with Crippen LogP contribution in [-0.2, 0) is 4.79 Å². The summed E-state index contributed by atoms with van der Waals surface area (Å²) >= 11 is 1.81. The molecule has 1 atom stereocenters. The highest BCUT2D eigenvalue weighted by molar-refractivity contribution is 7.99. The molecule has 0 aromatic carbocycles. The fraction of sp³-hybridized carbons (Fsp3) is 0.900. The highest BCUT2D eigenvalue weighted by Crippen LogP contribution is 2.10. The molecule has 1 unspecified atom stereocenters. The second-order valence-corrected chi connectivity index (χ2v) is 4.78. The van der Waals surface area contributed by atoms with Gasteiger partial charge in [-0.3, -0.25) is 4.79 Å². The predicted molar refractivity (Wildman–Crippen MR) is 63.1 cm³/mol. The normalized spacial score (nSPS) is 21.3. The third-order valence-corrected chi connectivity index (χ3v) is 3.46. The zero-order chi connectivity index (χ0) is 11.1. The number of amides is 1. The molecule has 0 spiro atoms. The Morgan fingerprint density at radius 2 is 2.40 bits per heavy atom. The third-order valence-electron chi connectivity index (χ3n) is 2.39. The number of thioether (sulfide) groups is 1. The molecule has 0 aromatic heterocycles. The SMILES string of the molecule is CCCN(CCO)C(=O)C1CSCCN1. The molecular formula is C10H20N2O2S. The minimum Gasteiger partial charge on any atom is -0.395 e. The van der Waals surface area contributed by atoms with Crippen LogP contribution in [0.2, 0.25) is 0 Å². The van der Waals surface area contributed by atoms with Crippen molar-refractivity contribution in [1.82, 2.24) is 10.2 Å². The van der Waals surface area contributed by atoms with Crippen molar-refractivity contribution in [2.75, 3.05) is 37.7 Å². The van der Waals surface area contributed by atoms with Gasteiger partial charge in [-0.1, -0.05) is 6.92 Å². The third kappa shape index (κ3) is 4.01. The summed E-state index contributed by atoms with van der Waals surface area (Å²) in [6, 6.07) is -0.0538. The van der Waals surface area contributed by atoms with Crippen molar-refractivity contribution in [3.63, 3.8) is 0 Å². The van der Waals surface area contributed by atoms with E-state index in [-0.39, 0.29) is 18.6 Å². The van der Waals surface area contributed by atoms with Gasteiger partial charge in [0.15, 0.2) is 0 Å². The number of carbonyl (C=O) groups excluding carboxylic acids is 1. The molecule has 4 nitrogen and oxygen atoms in total. The van der Waals surface area contributed by atoms with Gasteiger partial charge in [-0.2, -0.15) is 11.8 Å². The smallest absolute Gasteiger partial charge is 0.240 e. The number of nitrogens with one attached hydrogen (secondary N) is 1. The van der Waals surface area contributed by atoms with E-state index in [1.54, 1.807) is 4.90 Å². The van der Waals surface area contributed by atoms with Crippen LogP contribution in [0.4, 0.5) is 0 Å². The van der Waals surface area contributed by atoms with E-state index >= 15 is 0 Å². The monoisotopic (exact) mass is 232 g/mol. The minimum absolute atomic E-state index is 0.0472. The van der Waals surface area contributed by atoms with Crippen LogP contribution in [0.15, 0.2) is 0 Å². The van der Waals surface area contributed by atoms with E-state index in [0.29, 0.717) is 6.54 Å². The first kappa shape index (κ1) is 12.8. The van der Waals surface area contributed by atoms with Gasteiger partial charge in [0.1, 0.15) is 0 Å². The number of carbonyl (C=O) groups is 1. The van der Waals surface area contributed by atoms with Crippen LogP contribution < -0.4 is 5.32 Å². The summed E-state index contributed by atoms with van der Waals surface area (Å²) in [5.41, 5.74) is 0. The van der Waals surface area contributed by atoms with Crippen LogP contribution in [0.25, 0.3) is 0 Å². The van der Waals surface area contributed by atoms with Crippen molar-refractivity contribution in [3.05, 3.63) is 0 Å². The lowest BCUT2D eigenvalue weighted by atomic mass is 10.2. The Morgan fingerprint density at radius 3 is 2.93 bits per heavy atom. The van der Waals surface area contributed by atoms with Gasteiger partial charge in [-0.15, -0.1) is 0 Å². The van der Waals surface area contributed by atoms with Crippen LogP contribution >= 0.6 is 11.8 Å². The number of aliphatic hydroxyl groups excluding tert-OH is 1. The average molecular weight is 232 g/mol. The largest absolute Gasteiger partial charge is 0.395 e. The number of aliphatic hydroxyl groups is 1. The van der Waals surface area contributed by atoms with Gasteiger partial charge >= 0.3 is 0 Å². The molecule has 1 saturated heterocycles. The van der Waals surface area contributed by atoms with Gasteiger partial charge < -0.3 is 15.3 Å². The highest BCUT2D eigenvalue weighted by Gasteiger charge is 2.24. The molecule has 0 bridgehead atoms. The van der Waals surface area contributed by atoms with Crippen LogP contribution in [-0.4, -0.2) is 59.7 Å². The Bertz CT molecular complexity index is 190. The summed E-state index contributed by atoms with van der Waals surface area (Å²) < 4.78 is 0. The Morgan fingerprint density at radius 1 is 1.60 bits per heavy atom. The lowest BCUT2D eigenvalue weighted by molar-refractivity contribution is -0.133. The zero-order valence-corrected chi connectivity index (χ0v) is 10.1. The fourth-order valence-electron chi connectivity index (χ4n) is 1.67. The topological polar surface area (TPSA) is 52.6 Å². The van der Waals surface area contributed by atoms with E-state index in [2.05, 4.69) is 5.32 Å². The van der Waals surface area contributed by atoms with Crippen molar-refractivity contribution >= 4 is 17.7 Å². The summed E-state index contributed by atoms with van der Waals surface area (Å²) in [5, 5.41) is 12.1. The zero-order valence-electron chi connectivity index (χ0n) is 9.24. The lowest BCUT2D eigenvalue weighted by Gasteiger charge is -2.29.